The van der Waals surface area contributed by atoms with Crippen molar-refractivity contribution in [1.82, 2.24) is 15.5 Å². The Kier molecular flexibility index (Phi) is 6.30. The number of urea groups is 1. The summed E-state index contributed by atoms with van der Waals surface area (Å²) in [7, 11) is 0. The van der Waals surface area contributed by atoms with Crippen molar-refractivity contribution in [2.75, 3.05) is 13.1 Å². The van der Waals surface area contributed by atoms with E-state index in [2.05, 4.69) is 30.5 Å². The summed E-state index contributed by atoms with van der Waals surface area (Å²) in [5.74, 6) is 0.126. The van der Waals surface area contributed by atoms with Crippen LogP contribution in [0.3, 0.4) is 0 Å². The molecule has 162 valence electrons. The summed E-state index contributed by atoms with van der Waals surface area (Å²) in [6.07, 6.45) is 9.54. The van der Waals surface area contributed by atoms with Crippen LogP contribution in [0.2, 0.25) is 0 Å². The summed E-state index contributed by atoms with van der Waals surface area (Å²) in [5, 5.41) is 7.25. The molecule has 1 aliphatic heterocycles. The van der Waals surface area contributed by atoms with Gasteiger partial charge in [-0.05, 0) is 50.7 Å². The smallest absolute Gasteiger partial charge is 0.315 e. The second kappa shape index (κ2) is 9.11. The maximum absolute atomic E-state index is 12.8. The molecule has 0 atom stereocenters. The first-order valence-corrected chi connectivity index (χ1v) is 11.3. The molecule has 2 aliphatic rings. The fourth-order valence-corrected chi connectivity index (χ4v) is 4.73. The van der Waals surface area contributed by atoms with Crippen LogP contribution >= 0.6 is 0 Å². The van der Waals surface area contributed by atoms with Gasteiger partial charge in [0, 0.05) is 36.1 Å². The summed E-state index contributed by atoms with van der Waals surface area (Å²) >= 11 is 0. The van der Waals surface area contributed by atoms with E-state index in [9.17, 15) is 9.59 Å². The normalized spacial score (nSPS) is 18.5. The van der Waals surface area contributed by atoms with Crippen molar-refractivity contribution in [2.24, 2.45) is 0 Å². The van der Waals surface area contributed by atoms with Crippen molar-refractivity contribution in [3.05, 3.63) is 35.1 Å². The summed E-state index contributed by atoms with van der Waals surface area (Å²) in [6.45, 7) is 5.48. The monoisotopic (exact) mass is 411 g/mol. The van der Waals surface area contributed by atoms with Gasteiger partial charge in [-0.2, -0.15) is 0 Å². The molecule has 0 spiro atoms. The SMILES string of the molecule is Cc1ccc2c(CC(=O)N3CCC(NC(=O)NC4CCCCC4)CC3)coc2c1C. The molecule has 6 heteroatoms. The predicted octanol–water partition coefficient (Wildman–Crippen LogP) is 4.22. The average Bonchev–Trinajstić information content (AvgIpc) is 3.15. The average molecular weight is 412 g/mol. The largest absolute Gasteiger partial charge is 0.464 e. The van der Waals surface area contributed by atoms with Crippen LogP contribution in [-0.2, 0) is 11.2 Å². The van der Waals surface area contributed by atoms with Gasteiger partial charge in [0.15, 0.2) is 0 Å². The molecule has 0 radical (unpaired) electrons. The van der Waals surface area contributed by atoms with Crippen LogP contribution in [0.1, 0.15) is 61.6 Å². The van der Waals surface area contributed by atoms with Crippen LogP contribution in [0, 0.1) is 13.8 Å². The maximum atomic E-state index is 12.8. The lowest BCUT2D eigenvalue weighted by molar-refractivity contribution is -0.131. The number of aryl methyl sites for hydroxylation is 2. The molecule has 1 aromatic carbocycles. The second-order valence-corrected chi connectivity index (χ2v) is 8.93. The van der Waals surface area contributed by atoms with E-state index < -0.39 is 0 Å². The molecule has 2 heterocycles. The molecular formula is C24H33N3O3. The van der Waals surface area contributed by atoms with Crippen LogP contribution in [0.15, 0.2) is 22.8 Å². The molecule has 1 saturated carbocycles. The van der Waals surface area contributed by atoms with Gasteiger partial charge in [0.2, 0.25) is 5.91 Å². The third-order valence-corrected chi connectivity index (χ3v) is 6.81. The van der Waals surface area contributed by atoms with Gasteiger partial charge in [-0.15, -0.1) is 0 Å². The summed E-state index contributed by atoms with van der Waals surface area (Å²) in [6, 6.07) is 4.53. The standard InChI is InChI=1S/C24H33N3O3/c1-16-8-9-21-18(15-30-23(21)17(16)2)14-22(28)27-12-10-20(11-13-27)26-24(29)25-19-6-4-3-5-7-19/h8-9,15,19-20H,3-7,10-14H2,1-2H3,(H2,25,26,29). The second-order valence-electron chi connectivity index (χ2n) is 8.93. The van der Waals surface area contributed by atoms with Crippen LogP contribution in [0.4, 0.5) is 4.79 Å². The van der Waals surface area contributed by atoms with Crippen molar-refractivity contribution in [3.8, 4) is 0 Å². The fourth-order valence-electron chi connectivity index (χ4n) is 4.73. The minimum atomic E-state index is -0.0535. The van der Waals surface area contributed by atoms with E-state index in [4.69, 9.17) is 4.42 Å². The highest BCUT2D eigenvalue weighted by Gasteiger charge is 2.25. The topological polar surface area (TPSA) is 74.6 Å². The Balaban J connectivity index is 1.26. The van der Waals surface area contributed by atoms with Gasteiger partial charge >= 0.3 is 6.03 Å². The van der Waals surface area contributed by atoms with Gasteiger partial charge in [-0.25, -0.2) is 4.79 Å². The molecule has 0 bridgehead atoms. The quantitative estimate of drug-likeness (QED) is 0.791. The first-order chi connectivity index (χ1) is 14.5. The summed E-state index contributed by atoms with van der Waals surface area (Å²) in [5.41, 5.74) is 4.15. The lowest BCUT2D eigenvalue weighted by Gasteiger charge is -2.33. The van der Waals surface area contributed by atoms with E-state index in [-0.39, 0.29) is 18.0 Å². The van der Waals surface area contributed by atoms with Crippen molar-refractivity contribution >= 4 is 22.9 Å². The van der Waals surface area contributed by atoms with E-state index in [1.54, 1.807) is 6.26 Å². The van der Waals surface area contributed by atoms with Gasteiger partial charge in [0.1, 0.15) is 5.58 Å². The van der Waals surface area contributed by atoms with Crippen LogP contribution in [0.25, 0.3) is 11.0 Å². The lowest BCUT2D eigenvalue weighted by atomic mass is 9.96. The highest BCUT2D eigenvalue weighted by molar-refractivity contribution is 5.89. The molecule has 6 nitrogen and oxygen atoms in total. The molecule has 30 heavy (non-hydrogen) atoms. The van der Waals surface area contributed by atoms with Gasteiger partial charge in [-0.3, -0.25) is 4.79 Å². The number of furan rings is 1. The first-order valence-electron chi connectivity index (χ1n) is 11.3. The third-order valence-electron chi connectivity index (χ3n) is 6.81. The third kappa shape index (κ3) is 4.63. The Morgan fingerprint density at radius 1 is 1.00 bits per heavy atom. The van der Waals surface area contributed by atoms with Crippen molar-refractivity contribution in [1.29, 1.82) is 0 Å². The number of hydrogen-bond acceptors (Lipinski definition) is 3. The summed E-state index contributed by atoms with van der Waals surface area (Å²) < 4.78 is 5.75. The molecule has 0 unspecified atom stereocenters. The number of fused-ring (bicyclic) bond motifs is 1. The number of carbonyl (C=O) groups excluding carboxylic acids is 2. The number of piperidine rings is 1. The molecule has 2 fully saturated rings. The number of amides is 3. The molecule has 4 rings (SSSR count). The molecule has 2 aromatic rings. The zero-order valence-corrected chi connectivity index (χ0v) is 18.1. The van der Waals surface area contributed by atoms with E-state index in [1.807, 2.05) is 11.0 Å². The Morgan fingerprint density at radius 3 is 2.37 bits per heavy atom. The van der Waals surface area contributed by atoms with Crippen LogP contribution in [0.5, 0.6) is 0 Å². The molecule has 1 aromatic heterocycles. The minimum absolute atomic E-state index is 0.0535. The first kappa shape index (κ1) is 20.8. The number of nitrogens with zero attached hydrogens (tertiary/aromatic N) is 1. The Hall–Kier alpha value is -2.50. The van der Waals surface area contributed by atoms with Crippen molar-refractivity contribution in [2.45, 2.75) is 77.3 Å². The number of hydrogen-bond donors (Lipinski definition) is 2. The highest BCUT2D eigenvalue weighted by atomic mass is 16.3. The van der Waals surface area contributed by atoms with Crippen LogP contribution in [-0.4, -0.2) is 42.0 Å². The van der Waals surface area contributed by atoms with E-state index >= 15 is 0 Å². The fraction of sp³-hybridized carbons (Fsp3) is 0.583. The number of likely N-dealkylation sites (tertiary alicyclic amines) is 1. The number of rotatable bonds is 4. The molecular weight excluding hydrogens is 378 g/mol. The summed E-state index contributed by atoms with van der Waals surface area (Å²) in [4.78, 5) is 27.0. The Bertz CT molecular complexity index is 906. The zero-order chi connectivity index (χ0) is 21.1. The van der Waals surface area contributed by atoms with Gasteiger partial charge in [0.25, 0.3) is 0 Å². The number of benzene rings is 1. The number of carbonyl (C=O) groups is 2. The molecule has 1 aliphatic carbocycles. The van der Waals surface area contributed by atoms with Gasteiger partial charge in [0.05, 0.1) is 12.7 Å². The highest BCUT2D eigenvalue weighted by Crippen LogP contribution is 2.27. The minimum Gasteiger partial charge on any atom is -0.464 e. The van der Waals surface area contributed by atoms with E-state index in [1.165, 1.54) is 24.8 Å². The number of nitrogens with one attached hydrogen (secondary N) is 2. The maximum Gasteiger partial charge on any atom is 0.315 e. The van der Waals surface area contributed by atoms with Crippen LogP contribution < -0.4 is 10.6 Å². The zero-order valence-electron chi connectivity index (χ0n) is 18.1. The van der Waals surface area contributed by atoms with E-state index in [0.717, 1.165) is 47.8 Å². The van der Waals surface area contributed by atoms with Crippen molar-refractivity contribution in [3.63, 3.8) is 0 Å². The predicted molar refractivity (Wildman–Crippen MR) is 118 cm³/mol. The molecule has 3 amide bonds. The molecule has 1 saturated heterocycles. The van der Waals surface area contributed by atoms with Crippen molar-refractivity contribution < 1.29 is 14.0 Å². The van der Waals surface area contributed by atoms with E-state index in [0.29, 0.717) is 25.6 Å². The molecule has 2 N–H and O–H groups in total. The van der Waals surface area contributed by atoms with Gasteiger partial charge in [-0.1, -0.05) is 31.4 Å². The Labute approximate surface area is 178 Å². The lowest BCUT2D eigenvalue weighted by Crippen LogP contribution is -2.51. The Morgan fingerprint density at radius 2 is 1.67 bits per heavy atom. The van der Waals surface area contributed by atoms with Gasteiger partial charge < -0.3 is 20.0 Å².